The van der Waals surface area contributed by atoms with E-state index in [0.29, 0.717) is 29.6 Å². The number of Topliss-reactive ketones (excluding diaryl/α,β-unsaturated/α-hetero) is 1. The van der Waals surface area contributed by atoms with Gasteiger partial charge in [-0.25, -0.2) is 0 Å². The van der Waals surface area contributed by atoms with Crippen molar-refractivity contribution in [1.82, 2.24) is 4.90 Å². The van der Waals surface area contributed by atoms with E-state index in [4.69, 9.17) is 9.47 Å². The summed E-state index contributed by atoms with van der Waals surface area (Å²) in [7, 11) is 1.52. The lowest BCUT2D eigenvalue weighted by Crippen LogP contribution is -2.43. The van der Waals surface area contributed by atoms with Crippen molar-refractivity contribution in [2.45, 2.75) is 52.0 Å². The summed E-state index contributed by atoms with van der Waals surface area (Å²) < 4.78 is 10.9. The van der Waals surface area contributed by atoms with Gasteiger partial charge in [0.15, 0.2) is 23.9 Å². The highest BCUT2D eigenvalue weighted by molar-refractivity contribution is 5.94. The smallest absolute Gasteiger partial charge is 0.260 e. The van der Waals surface area contributed by atoms with Crippen LogP contribution in [-0.4, -0.2) is 42.9 Å². The van der Waals surface area contributed by atoms with Gasteiger partial charge in [-0.05, 0) is 44.9 Å². The molecular weight excluding hydrogens is 306 g/mol. The molecule has 1 aromatic rings. The van der Waals surface area contributed by atoms with Crippen LogP contribution in [0.25, 0.3) is 0 Å². The van der Waals surface area contributed by atoms with Gasteiger partial charge in [0.25, 0.3) is 5.91 Å². The Morgan fingerprint density at radius 1 is 1.17 bits per heavy atom. The molecule has 1 aliphatic carbocycles. The molecule has 2 rings (SSSR count). The van der Waals surface area contributed by atoms with E-state index in [1.165, 1.54) is 33.3 Å². The van der Waals surface area contributed by atoms with Gasteiger partial charge in [0, 0.05) is 18.2 Å². The van der Waals surface area contributed by atoms with Crippen LogP contribution in [0.1, 0.15) is 56.3 Å². The number of likely N-dealkylation sites (N-methyl/N-ethyl adjacent to an activating group) is 1. The van der Waals surface area contributed by atoms with Crippen LogP contribution >= 0.6 is 0 Å². The third kappa shape index (κ3) is 4.49. The lowest BCUT2D eigenvalue weighted by molar-refractivity contribution is -0.136. The fraction of sp³-hybridized carbons (Fsp3) is 0.579. The molecule has 0 heterocycles. The quantitative estimate of drug-likeness (QED) is 0.717. The predicted octanol–water partition coefficient (Wildman–Crippen LogP) is 3.46. The van der Waals surface area contributed by atoms with Crippen molar-refractivity contribution in [3.63, 3.8) is 0 Å². The van der Waals surface area contributed by atoms with Gasteiger partial charge in [0.05, 0.1) is 7.11 Å². The minimum Gasteiger partial charge on any atom is -0.493 e. The van der Waals surface area contributed by atoms with Crippen molar-refractivity contribution in [1.29, 1.82) is 0 Å². The van der Waals surface area contributed by atoms with Gasteiger partial charge in [-0.1, -0.05) is 19.3 Å². The molecule has 0 aromatic heterocycles. The van der Waals surface area contributed by atoms with Crippen LogP contribution in [0.3, 0.4) is 0 Å². The van der Waals surface area contributed by atoms with Crippen LogP contribution in [0.4, 0.5) is 0 Å². The van der Waals surface area contributed by atoms with Gasteiger partial charge in [0.2, 0.25) is 0 Å². The van der Waals surface area contributed by atoms with E-state index >= 15 is 0 Å². The van der Waals surface area contributed by atoms with E-state index in [1.54, 1.807) is 18.2 Å². The highest BCUT2D eigenvalue weighted by Crippen LogP contribution is 2.28. The third-order valence-corrected chi connectivity index (χ3v) is 4.60. The maximum atomic E-state index is 12.5. The van der Waals surface area contributed by atoms with E-state index in [1.807, 2.05) is 11.8 Å². The van der Waals surface area contributed by atoms with Crippen LogP contribution < -0.4 is 9.47 Å². The molecular formula is C19H27NO4. The predicted molar refractivity (Wildman–Crippen MR) is 92.8 cm³/mol. The molecule has 0 N–H and O–H groups in total. The number of carbonyl (C=O) groups is 2. The van der Waals surface area contributed by atoms with Crippen molar-refractivity contribution < 1.29 is 19.1 Å². The highest BCUT2D eigenvalue weighted by atomic mass is 16.5. The first-order chi connectivity index (χ1) is 11.6. The first-order valence-electron chi connectivity index (χ1n) is 8.68. The SMILES string of the molecule is CCN(C(=O)COc1ccc(C(C)=O)cc1OC)C1CCCCC1. The van der Waals surface area contributed by atoms with Gasteiger partial charge < -0.3 is 14.4 Å². The molecule has 0 radical (unpaired) electrons. The van der Waals surface area contributed by atoms with E-state index in [2.05, 4.69) is 0 Å². The van der Waals surface area contributed by atoms with Crippen LogP contribution in [0.2, 0.25) is 0 Å². The Kier molecular flexibility index (Phi) is 6.64. The molecule has 0 saturated heterocycles. The second-order valence-corrected chi connectivity index (χ2v) is 6.18. The van der Waals surface area contributed by atoms with Crippen LogP contribution in [0.15, 0.2) is 18.2 Å². The summed E-state index contributed by atoms with van der Waals surface area (Å²) in [6.07, 6.45) is 5.80. The Hall–Kier alpha value is -2.04. The topological polar surface area (TPSA) is 55.8 Å². The molecule has 1 saturated carbocycles. The molecule has 132 valence electrons. The maximum Gasteiger partial charge on any atom is 0.260 e. The summed E-state index contributed by atoms with van der Waals surface area (Å²) in [5, 5.41) is 0. The molecule has 0 unspecified atom stereocenters. The van der Waals surface area contributed by atoms with Crippen molar-refractivity contribution in [3.05, 3.63) is 23.8 Å². The Balaban J connectivity index is 2.00. The molecule has 1 aromatic carbocycles. The number of hydrogen-bond acceptors (Lipinski definition) is 4. The lowest BCUT2D eigenvalue weighted by Gasteiger charge is -2.33. The summed E-state index contributed by atoms with van der Waals surface area (Å²) in [6.45, 7) is 4.20. The second kappa shape index (κ2) is 8.71. The zero-order valence-corrected chi connectivity index (χ0v) is 14.8. The maximum absolute atomic E-state index is 12.5. The fourth-order valence-electron chi connectivity index (χ4n) is 3.26. The van der Waals surface area contributed by atoms with Crippen LogP contribution in [-0.2, 0) is 4.79 Å². The number of amides is 1. The number of rotatable bonds is 7. The first kappa shape index (κ1) is 18.3. The Morgan fingerprint density at radius 3 is 2.46 bits per heavy atom. The molecule has 1 amide bonds. The Labute approximate surface area is 143 Å². The van der Waals surface area contributed by atoms with E-state index in [0.717, 1.165) is 12.8 Å². The van der Waals surface area contributed by atoms with Gasteiger partial charge >= 0.3 is 0 Å². The van der Waals surface area contributed by atoms with Crippen molar-refractivity contribution in [2.24, 2.45) is 0 Å². The van der Waals surface area contributed by atoms with E-state index in [-0.39, 0.29) is 18.3 Å². The molecule has 0 bridgehead atoms. The summed E-state index contributed by atoms with van der Waals surface area (Å²) in [5.74, 6) is 0.916. The second-order valence-electron chi connectivity index (χ2n) is 6.18. The summed E-state index contributed by atoms with van der Waals surface area (Å²) in [6, 6.07) is 5.34. The number of carbonyl (C=O) groups excluding carboxylic acids is 2. The Bertz CT molecular complexity index is 579. The largest absolute Gasteiger partial charge is 0.493 e. The zero-order valence-electron chi connectivity index (χ0n) is 14.8. The van der Waals surface area contributed by atoms with Crippen molar-refractivity contribution >= 4 is 11.7 Å². The minimum atomic E-state index is -0.0367. The summed E-state index contributed by atoms with van der Waals surface area (Å²) in [4.78, 5) is 25.9. The molecule has 0 atom stereocenters. The number of methoxy groups -OCH3 is 1. The number of ketones is 1. The standard InChI is InChI=1S/C19H27NO4/c1-4-20(16-8-6-5-7-9-16)19(22)13-24-17-11-10-15(14(2)21)12-18(17)23-3/h10-12,16H,4-9,13H2,1-3H3. The number of nitrogens with zero attached hydrogens (tertiary/aromatic N) is 1. The number of benzene rings is 1. The molecule has 0 aliphatic heterocycles. The zero-order chi connectivity index (χ0) is 17.5. The van der Waals surface area contributed by atoms with Crippen molar-refractivity contribution in [3.8, 4) is 11.5 Å². The highest BCUT2D eigenvalue weighted by Gasteiger charge is 2.24. The molecule has 5 heteroatoms. The molecule has 1 aliphatic rings. The van der Waals surface area contributed by atoms with Crippen LogP contribution in [0.5, 0.6) is 11.5 Å². The molecule has 24 heavy (non-hydrogen) atoms. The van der Waals surface area contributed by atoms with E-state index < -0.39 is 0 Å². The summed E-state index contributed by atoms with van der Waals surface area (Å²) >= 11 is 0. The molecule has 1 fully saturated rings. The lowest BCUT2D eigenvalue weighted by atomic mass is 9.94. The Morgan fingerprint density at radius 2 is 1.88 bits per heavy atom. The average Bonchev–Trinajstić information content (AvgIpc) is 2.61. The van der Waals surface area contributed by atoms with Gasteiger partial charge in [0.1, 0.15) is 0 Å². The van der Waals surface area contributed by atoms with Crippen molar-refractivity contribution in [2.75, 3.05) is 20.3 Å². The van der Waals surface area contributed by atoms with Gasteiger partial charge in [-0.2, -0.15) is 0 Å². The van der Waals surface area contributed by atoms with E-state index in [9.17, 15) is 9.59 Å². The summed E-state index contributed by atoms with van der Waals surface area (Å²) in [5.41, 5.74) is 0.558. The normalized spacial score (nSPS) is 15.0. The third-order valence-electron chi connectivity index (χ3n) is 4.60. The first-order valence-corrected chi connectivity index (χ1v) is 8.68. The van der Waals surface area contributed by atoms with Gasteiger partial charge in [-0.3, -0.25) is 9.59 Å². The number of hydrogen-bond donors (Lipinski definition) is 0. The number of ether oxygens (including phenoxy) is 2. The molecule has 0 spiro atoms. The monoisotopic (exact) mass is 333 g/mol. The minimum absolute atomic E-state index is 0.00194. The average molecular weight is 333 g/mol. The molecule has 5 nitrogen and oxygen atoms in total. The van der Waals surface area contributed by atoms with Crippen LogP contribution in [0, 0.1) is 0 Å². The fourth-order valence-corrected chi connectivity index (χ4v) is 3.26. The van der Waals surface area contributed by atoms with Gasteiger partial charge in [-0.15, -0.1) is 0 Å².